The van der Waals surface area contributed by atoms with Gasteiger partial charge in [-0.05, 0) is 0 Å². The molecule has 0 saturated carbocycles. The van der Waals surface area contributed by atoms with E-state index in [1.807, 2.05) is 0 Å². The van der Waals surface area contributed by atoms with Crippen LogP contribution in [0.3, 0.4) is 0 Å². The summed E-state index contributed by atoms with van der Waals surface area (Å²) in [5, 5.41) is 3.54. The van der Waals surface area contributed by atoms with Crippen molar-refractivity contribution in [2.24, 2.45) is 0 Å². The SMILES string of the molecule is C[N]C(=O)N1CCOCC1. The first-order chi connectivity index (χ1) is 4.84. The molecule has 0 aliphatic carbocycles. The van der Waals surface area contributed by atoms with Crippen molar-refractivity contribution in [2.45, 2.75) is 0 Å². The zero-order chi connectivity index (χ0) is 7.40. The van der Waals surface area contributed by atoms with Gasteiger partial charge in [-0.15, -0.1) is 0 Å². The number of rotatable bonds is 0. The number of hydrogen-bond donors (Lipinski definition) is 0. The third kappa shape index (κ3) is 1.60. The predicted molar refractivity (Wildman–Crippen MR) is 35.8 cm³/mol. The number of ether oxygens (including phenoxy) is 1. The molecule has 4 nitrogen and oxygen atoms in total. The van der Waals surface area contributed by atoms with E-state index in [0.717, 1.165) is 0 Å². The molecular weight excluding hydrogens is 132 g/mol. The summed E-state index contributed by atoms with van der Waals surface area (Å²) in [5.41, 5.74) is 0. The third-order valence-corrected chi connectivity index (χ3v) is 1.47. The minimum absolute atomic E-state index is 0.136. The number of urea groups is 1. The van der Waals surface area contributed by atoms with Gasteiger partial charge < -0.3 is 9.64 Å². The first-order valence-electron chi connectivity index (χ1n) is 3.31. The lowest BCUT2D eigenvalue weighted by molar-refractivity contribution is 0.0535. The lowest BCUT2D eigenvalue weighted by atomic mass is 10.4. The Labute approximate surface area is 60.1 Å². The fourth-order valence-electron chi connectivity index (χ4n) is 0.896. The lowest BCUT2D eigenvalue weighted by Crippen LogP contribution is -2.42. The van der Waals surface area contributed by atoms with Crippen LogP contribution in [0.4, 0.5) is 4.79 Å². The number of carbonyl (C=O) groups excluding carboxylic acids is 1. The number of nitrogens with zero attached hydrogens (tertiary/aromatic N) is 2. The van der Waals surface area contributed by atoms with E-state index >= 15 is 0 Å². The standard InChI is InChI=1S/C6H11N2O2/c1-7-6(9)8-2-4-10-5-3-8/h2-5H2,1H3. The van der Waals surface area contributed by atoms with Gasteiger partial charge in [0.15, 0.2) is 0 Å². The summed E-state index contributed by atoms with van der Waals surface area (Å²) in [6.45, 7) is 2.63. The smallest absolute Gasteiger partial charge is 0.338 e. The molecule has 1 rings (SSSR count). The molecule has 0 aromatic rings. The summed E-state index contributed by atoms with van der Waals surface area (Å²) in [7, 11) is 1.51. The van der Waals surface area contributed by atoms with Crippen LogP contribution in [0.2, 0.25) is 0 Å². The number of morpholine rings is 1. The maximum atomic E-state index is 10.9. The van der Waals surface area contributed by atoms with E-state index in [1.54, 1.807) is 4.90 Å². The van der Waals surface area contributed by atoms with Crippen LogP contribution in [0.15, 0.2) is 0 Å². The van der Waals surface area contributed by atoms with Crippen molar-refractivity contribution in [1.29, 1.82) is 0 Å². The van der Waals surface area contributed by atoms with Gasteiger partial charge in [0.25, 0.3) is 0 Å². The Morgan fingerprint density at radius 3 is 2.60 bits per heavy atom. The zero-order valence-corrected chi connectivity index (χ0v) is 6.04. The molecule has 0 unspecified atom stereocenters. The molecule has 1 fully saturated rings. The molecule has 10 heavy (non-hydrogen) atoms. The van der Waals surface area contributed by atoms with Crippen molar-refractivity contribution in [2.75, 3.05) is 33.4 Å². The minimum Gasteiger partial charge on any atom is -0.378 e. The van der Waals surface area contributed by atoms with E-state index in [-0.39, 0.29) is 6.03 Å². The Morgan fingerprint density at radius 1 is 1.50 bits per heavy atom. The lowest BCUT2D eigenvalue weighted by Gasteiger charge is -2.25. The van der Waals surface area contributed by atoms with E-state index in [9.17, 15) is 4.79 Å². The summed E-state index contributed by atoms with van der Waals surface area (Å²) in [6, 6.07) is -0.136. The molecule has 0 atom stereocenters. The van der Waals surface area contributed by atoms with E-state index in [1.165, 1.54) is 7.05 Å². The van der Waals surface area contributed by atoms with Gasteiger partial charge >= 0.3 is 6.03 Å². The summed E-state index contributed by atoms with van der Waals surface area (Å²) in [4.78, 5) is 12.6. The highest BCUT2D eigenvalue weighted by Crippen LogP contribution is 1.96. The topological polar surface area (TPSA) is 43.6 Å². The first kappa shape index (κ1) is 7.34. The van der Waals surface area contributed by atoms with E-state index in [4.69, 9.17) is 4.74 Å². The highest BCUT2D eigenvalue weighted by Gasteiger charge is 2.15. The van der Waals surface area contributed by atoms with Crippen molar-refractivity contribution >= 4 is 6.03 Å². The minimum atomic E-state index is -0.136. The highest BCUT2D eigenvalue weighted by atomic mass is 16.5. The van der Waals surface area contributed by atoms with Crippen LogP contribution >= 0.6 is 0 Å². The Morgan fingerprint density at radius 2 is 2.10 bits per heavy atom. The van der Waals surface area contributed by atoms with Gasteiger partial charge in [-0.25, -0.2) is 10.1 Å². The second-order valence-electron chi connectivity index (χ2n) is 2.11. The van der Waals surface area contributed by atoms with Gasteiger partial charge in [0.2, 0.25) is 0 Å². The Kier molecular flexibility index (Phi) is 2.50. The van der Waals surface area contributed by atoms with Gasteiger partial charge in [-0.2, -0.15) is 0 Å². The fraction of sp³-hybridized carbons (Fsp3) is 0.833. The molecule has 0 bridgehead atoms. The van der Waals surface area contributed by atoms with Gasteiger partial charge in [0.05, 0.1) is 13.2 Å². The molecule has 1 aliphatic heterocycles. The molecule has 1 heterocycles. The summed E-state index contributed by atoms with van der Waals surface area (Å²) in [5.74, 6) is 0. The Hall–Kier alpha value is -0.770. The molecule has 0 spiro atoms. The van der Waals surface area contributed by atoms with Gasteiger partial charge in [0.1, 0.15) is 0 Å². The van der Waals surface area contributed by atoms with Gasteiger partial charge in [-0.3, -0.25) is 0 Å². The number of hydrogen-bond acceptors (Lipinski definition) is 2. The largest absolute Gasteiger partial charge is 0.378 e. The molecule has 0 aromatic heterocycles. The number of amides is 2. The van der Waals surface area contributed by atoms with Crippen molar-refractivity contribution in [1.82, 2.24) is 10.2 Å². The normalized spacial score (nSPS) is 18.7. The second kappa shape index (κ2) is 3.41. The van der Waals surface area contributed by atoms with Crippen molar-refractivity contribution in [3.63, 3.8) is 0 Å². The molecular formula is C6H11N2O2. The molecule has 1 aliphatic rings. The first-order valence-corrected chi connectivity index (χ1v) is 3.31. The van der Waals surface area contributed by atoms with Gasteiger partial charge in [-0.1, -0.05) is 0 Å². The zero-order valence-electron chi connectivity index (χ0n) is 6.04. The van der Waals surface area contributed by atoms with Crippen LogP contribution in [0.1, 0.15) is 0 Å². The van der Waals surface area contributed by atoms with Crippen molar-refractivity contribution in [3.05, 3.63) is 0 Å². The molecule has 0 N–H and O–H groups in total. The third-order valence-electron chi connectivity index (χ3n) is 1.47. The van der Waals surface area contributed by atoms with Crippen LogP contribution in [-0.4, -0.2) is 44.3 Å². The van der Waals surface area contributed by atoms with Crippen molar-refractivity contribution in [3.8, 4) is 0 Å². The maximum absolute atomic E-state index is 10.9. The predicted octanol–water partition coefficient (Wildman–Crippen LogP) is -0.327. The highest BCUT2D eigenvalue weighted by molar-refractivity contribution is 5.73. The molecule has 1 saturated heterocycles. The molecule has 0 aromatic carbocycles. The Bertz CT molecular complexity index is 121. The Balaban J connectivity index is 2.31. The van der Waals surface area contributed by atoms with E-state index in [0.29, 0.717) is 26.3 Å². The fourth-order valence-corrected chi connectivity index (χ4v) is 0.896. The molecule has 4 heteroatoms. The van der Waals surface area contributed by atoms with E-state index in [2.05, 4.69) is 5.32 Å². The maximum Gasteiger partial charge on any atom is 0.338 e. The molecule has 2 amide bonds. The molecule has 1 radical (unpaired) electrons. The summed E-state index contributed by atoms with van der Waals surface area (Å²) in [6.07, 6.45) is 0. The molecule has 57 valence electrons. The summed E-state index contributed by atoms with van der Waals surface area (Å²) < 4.78 is 5.06. The van der Waals surface area contributed by atoms with E-state index < -0.39 is 0 Å². The second-order valence-corrected chi connectivity index (χ2v) is 2.11. The summed E-state index contributed by atoms with van der Waals surface area (Å²) >= 11 is 0. The quantitative estimate of drug-likeness (QED) is 0.466. The van der Waals surface area contributed by atoms with Crippen LogP contribution < -0.4 is 5.32 Å². The van der Waals surface area contributed by atoms with Gasteiger partial charge in [0, 0.05) is 20.1 Å². The van der Waals surface area contributed by atoms with Crippen LogP contribution in [-0.2, 0) is 4.74 Å². The van der Waals surface area contributed by atoms with Crippen LogP contribution in [0, 0.1) is 0 Å². The van der Waals surface area contributed by atoms with Crippen molar-refractivity contribution < 1.29 is 9.53 Å². The number of carbonyl (C=O) groups is 1. The monoisotopic (exact) mass is 143 g/mol. The average Bonchev–Trinajstić information content (AvgIpc) is 2.05. The van der Waals surface area contributed by atoms with Crippen LogP contribution in [0.25, 0.3) is 0 Å². The van der Waals surface area contributed by atoms with Crippen LogP contribution in [0.5, 0.6) is 0 Å². The average molecular weight is 143 g/mol.